The molecule has 2 heterocycles. The highest BCUT2D eigenvalue weighted by Crippen LogP contribution is 2.28. The quantitative estimate of drug-likeness (QED) is 0.868. The van der Waals surface area contributed by atoms with Crippen LogP contribution in [0.1, 0.15) is 22.5 Å². The normalized spacial score (nSPS) is 16.9. The third-order valence-electron chi connectivity index (χ3n) is 3.94. The molecule has 0 aliphatic carbocycles. The maximum Gasteiger partial charge on any atom is 0.265 e. The molecule has 1 atom stereocenters. The first-order valence-corrected chi connectivity index (χ1v) is 8.18. The van der Waals surface area contributed by atoms with E-state index in [4.69, 9.17) is 0 Å². The molecule has 1 unspecified atom stereocenters. The molecule has 1 aromatic heterocycles. The van der Waals surface area contributed by atoms with Crippen LogP contribution in [-0.2, 0) is 0 Å². The Kier molecular flexibility index (Phi) is 8.09. The number of carbonyl (C=O) groups excluding carboxylic acids is 1. The standard InChI is InChI=1S/C16H18FN3OS.2ClH/c1-18-11-5-4-8-20(10-11)16(21)14-9-19-15(22-14)12-6-2-3-7-13(12)17;;/h2-3,6-7,9,11,18H,4-5,8,10H2,1H3;2*1H. The van der Waals surface area contributed by atoms with Crippen molar-refractivity contribution in [1.29, 1.82) is 0 Å². The van der Waals surface area contributed by atoms with Crippen LogP contribution in [0.25, 0.3) is 10.6 Å². The molecule has 1 aromatic carbocycles. The van der Waals surface area contributed by atoms with Crippen LogP contribution in [0.2, 0.25) is 0 Å². The SMILES string of the molecule is CNC1CCCN(C(=O)c2cnc(-c3ccccc3F)s2)C1.Cl.Cl. The molecule has 4 nitrogen and oxygen atoms in total. The monoisotopic (exact) mass is 391 g/mol. The van der Waals surface area contributed by atoms with E-state index in [1.165, 1.54) is 17.4 Å². The highest BCUT2D eigenvalue weighted by Gasteiger charge is 2.25. The van der Waals surface area contributed by atoms with Crippen LogP contribution < -0.4 is 5.32 Å². The zero-order valence-corrected chi connectivity index (χ0v) is 15.6. The molecular weight excluding hydrogens is 372 g/mol. The second kappa shape index (κ2) is 9.32. The topological polar surface area (TPSA) is 45.2 Å². The summed E-state index contributed by atoms with van der Waals surface area (Å²) in [7, 11) is 1.92. The van der Waals surface area contributed by atoms with E-state index in [0.717, 1.165) is 19.4 Å². The van der Waals surface area contributed by atoms with Crippen LogP contribution in [-0.4, -0.2) is 42.0 Å². The molecule has 1 aliphatic heterocycles. The molecule has 24 heavy (non-hydrogen) atoms. The van der Waals surface area contributed by atoms with Gasteiger partial charge in [0.05, 0.1) is 6.20 Å². The Morgan fingerprint density at radius 1 is 1.38 bits per heavy atom. The number of nitrogens with zero attached hydrogens (tertiary/aromatic N) is 2. The van der Waals surface area contributed by atoms with Crippen molar-refractivity contribution in [2.24, 2.45) is 0 Å². The van der Waals surface area contributed by atoms with Gasteiger partial charge in [0.15, 0.2) is 0 Å². The van der Waals surface area contributed by atoms with E-state index in [-0.39, 0.29) is 36.5 Å². The molecule has 132 valence electrons. The number of nitrogens with one attached hydrogen (secondary N) is 1. The number of amides is 1. The number of hydrogen-bond acceptors (Lipinski definition) is 4. The van der Waals surface area contributed by atoms with E-state index in [2.05, 4.69) is 10.3 Å². The third-order valence-corrected chi connectivity index (χ3v) is 4.96. The Balaban J connectivity index is 0.00000144. The zero-order chi connectivity index (χ0) is 15.5. The minimum absolute atomic E-state index is 0. The van der Waals surface area contributed by atoms with Crippen LogP contribution in [0.3, 0.4) is 0 Å². The highest BCUT2D eigenvalue weighted by atomic mass is 35.5. The van der Waals surface area contributed by atoms with Crippen molar-refractivity contribution in [3.8, 4) is 10.6 Å². The van der Waals surface area contributed by atoms with E-state index < -0.39 is 0 Å². The van der Waals surface area contributed by atoms with Crippen molar-refractivity contribution < 1.29 is 9.18 Å². The largest absolute Gasteiger partial charge is 0.336 e. The molecule has 0 bridgehead atoms. The first kappa shape index (κ1) is 20.8. The first-order chi connectivity index (χ1) is 10.7. The lowest BCUT2D eigenvalue weighted by Crippen LogP contribution is -2.46. The molecule has 0 spiro atoms. The van der Waals surface area contributed by atoms with Gasteiger partial charge in [0.25, 0.3) is 5.91 Å². The maximum atomic E-state index is 13.8. The summed E-state index contributed by atoms with van der Waals surface area (Å²) in [5.74, 6) is -0.330. The van der Waals surface area contributed by atoms with Crippen LogP contribution in [0, 0.1) is 5.82 Å². The number of halogens is 3. The lowest BCUT2D eigenvalue weighted by molar-refractivity contribution is 0.0703. The average Bonchev–Trinajstić information content (AvgIpc) is 3.04. The van der Waals surface area contributed by atoms with E-state index in [0.29, 0.717) is 28.0 Å². The third kappa shape index (κ3) is 4.45. The summed E-state index contributed by atoms with van der Waals surface area (Å²) in [5, 5.41) is 3.77. The number of aromatic nitrogens is 1. The fourth-order valence-electron chi connectivity index (χ4n) is 2.69. The van der Waals surface area contributed by atoms with Gasteiger partial charge in [-0.3, -0.25) is 4.79 Å². The molecular formula is C16H20Cl2FN3OS. The Morgan fingerprint density at radius 2 is 2.12 bits per heavy atom. The van der Waals surface area contributed by atoms with Crippen LogP contribution >= 0.6 is 36.2 Å². The van der Waals surface area contributed by atoms with Gasteiger partial charge in [-0.2, -0.15) is 0 Å². The molecule has 1 aliphatic rings. The van der Waals surface area contributed by atoms with E-state index in [1.807, 2.05) is 11.9 Å². The Morgan fingerprint density at radius 3 is 2.83 bits per heavy atom. The van der Waals surface area contributed by atoms with Gasteiger partial charge in [0.2, 0.25) is 0 Å². The molecule has 8 heteroatoms. The Bertz CT molecular complexity index is 683. The van der Waals surface area contributed by atoms with Gasteiger partial charge in [-0.1, -0.05) is 12.1 Å². The van der Waals surface area contributed by atoms with Gasteiger partial charge in [-0.15, -0.1) is 36.2 Å². The lowest BCUT2D eigenvalue weighted by Gasteiger charge is -2.32. The number of carbonyl (C=O) groups is 1. The minimum Gasteiger partial charge on any atom is -0.336 e. The molecule has 1 saturated heterocycles. The molecule has 0 radical (unpaired) electrons. The smallest absolute Gasteiger partial charge is 0.265 e. The predicted octanol–water partition coefficient (Wildman–Crippen LogP) is 3.62. The summed E-state index contributed by atoms with van der Waals surface area (Å²) in [6.45, 7) is 1.48. The van der Waals surface area contributed by atoms with E-state index in [1.54, 1.807) is 24.4 Å². The summed E-state index contributed by atoms with van der Waals surface area (Å²) in [6.07, 6.45) is 3.64. The number of likely N-dealkylation sites (tertiary alicyclic amines) is 1. The highest BCUT2D eigenvalue weighted by molar-refractivity contribution is 7.16. The number of likely N-dealkylation sites (N-methyl/N-ethyl adjacent to an activating group) is 1. The van der Waals surface area contributed by atoms with Crippen LogP contribution in [0.5, 0.6) is 0 Å². The van der Waals surface area contributed by atoms with Gasteiger partial charge >= 0.3 is 0 Å². The molecule has 1 fully saturated rings. The molecule has 1 N–H and O–H groups in total. The van der Waals surface area contributed by atoms with E-state index >= 15 is 0 Å². The second-order valence-corrected chi connectivity index (χ2v) is 6.42. The van der Waals surface area contributed by atoms with Crippen molar-refractivity contribution >= 4 is 42.1 Å². The van der Waals surface area contributed by atoms with Gasteiger partial charge in [-0.05, 0) is 32.0 Å². The van der Waals surface area contributed by atoms with E-state index in [9.17, 15) is 9.18 Å². The molecule has 3 rings (SSSR count). The molecule has 2 aromatic rings. The van der Waals surface area contributed by atoms with Crippen molar-refractivity contribution in [1.82, 2.24) is 15.2 Å². The number of hydrogen-bond donors (Lipinski definition) is 1. The van der Waals surface area contributed by atoms with Crippen LogP contribution in [0.4, 0.5) is 4.39 Å². The van der Waals surface area contributed by atoms with Crippen molar-refractivity contribution in [2.45, 2.75) is 18.9 Å². The lowest BCUT2D eigenvalue weighted by atomic mass is 10.1. The predicted molar refractivity (Wildman–Crippen MR) is 100.0 cm³/mol. The van der Waals surface area contributed by atoms with Gasteiger partial charge in [-0.25, -0.2) is 9.37 Å². The summed E-state index contributed by atoms with van der Waals surface area (Å²) in [6, 6.07) is 6.84. The summed E-state index contributed by atoms with van der Waals surface area (Å²) in [5.41, 5.74) is 0.443. The molecule has 1 amide bonds. The summed E-state index contributed by atoms with van der Waals surface area (Å²) < 4.78 is 13.8. The van der Waals surface area contributed by atoms with Crippen molar-refractivity contribution in [2.75, 3.05) is 20.1 Å². The Hall–Kier alpha value is -1.21. The number of piperidine rings is 1. The van der Waals surface area contributed by atoms with Crippen molar-refractivity contribution in [3.05, 3.63) is 41.2 Å². The summed E-state index contributed by atoms with van der Waals surface area (Å²) in [4.78, 5) is 19.2. The fraction of sp³-hybridized carbons (Fsp3) is 0.375. The van der Waals surface area contributed by atoms with Gasteiger partial charge < -0.3 is 10.2 Å². The zero-order valence-electron chi connectivity index (χ0n) is 13.2. The second-order valence-electron chi connectivity index (χ2n) is 5.39. The maximum absolute atomic E-state index is 13.8. The first-order valence-electron chi connectivity index (χ1n) is 7.36. The number of thiazole rings is 1. The molecule has 0 saturated carbocycles. The van der Waals surface area contributed by atoms with Gasteiger partial charge in [0, 0.05) is 24.7 Å². The Labute approximate surface area is 157 Å². The fourth-order valence-corrected chi connectivity index (χ4v) is 3.60. The van der Waals surface area contributed by atoms with Gasteiger partial charge in [0.1, 0.15) is 15.7 Å². The van der Waals surface area contributed by atoms with Crippen LogP contribution in [0.15, 0.2) is 30.5 Å². The van der Waals surface area contributed by atoms with Crippen molar-refractivity contribution in [3.63, 3.8) is 0 Å². The average molecular weight is 392 g/mol. The number of benzene rings is 1. The number of rotatable bonds is 3. The minimum atomic E-state index is -0.316. The summed E-state index contributed by atoms with van der Waals surface area (Å²) >= 11 is 1.25.